The number of hydrogen-bond donors (Lipinski definition) is 1. The molecule has 2 aromatic rings. The minimum Gasteiger partial charge on any atom is -0.454 e. The Hall–Kier alpha value is -4.23. The molecule has 2 aromatic carbocycles. The van der Waals surface area contributed by atoms with Gasteiger partial charge in [0, 0.05) is 13.1 Å². The molecule has 2 fully saturated rings. The van der Waals surface area contributed by atoms with Crippen LogP contribution in [0.2, 0.25) is 0 Å². The minimum absolute atomic E-state index is 0.0827. The Kier molecular flexibility index (Phi) is 6.40. The Balaban J connectivity index is 1.39. The topological polar surface area (TPSA) is 94.7 Å². The standard InChI is InChI=1S/C26H27N5O5/c1-3-11-29-16-24(32)30-18(2)25(33)28(14-20-9-10-21-22(12-20)36-17-35-21)15-23(30)31(29)26(34)27-13-19-7-5-4-6-8-19/h1,4-10,12,18,23H,11,13-17H2,2H3,(H,27,34)/t18-,23-/m0/s1. The number of benzene rings is 2. The minimum atomic E-state index is -0.734. The van der Waals surface area contributed by atoms with E-state index in [1.165, 1.54) is 9.91 Å². The first-order valence-electron chi connectivity index (χ1n) is 11.7. The maximum atomic E-state index is 13.4. The maximum Gasteiger partial charge on any atom is 0.334 e. The van der Waals surface area contributed by atoms with Crippen LogP contribution in [0.1, 0.15) is 18.1 Å². The lowest BCUT2D eigenvalue weighted by Gasteiger charge is -2.54. The average molecular weight is 490 g/mol. The van der Waals surface area contributed by atoms with Crippen LogP contribution >= 0.6 is 0 Å². The number of ether oxygens (including phenoxy) is 2. The van der Waals surface area contributed by atoms with Gasteiger partial charge in [0.2, 0.25) is 18.6 Å². The van der Waals surface area contributed by atoms with Crippen molar-refractivity contribution in [1.82, 2.24) is 25.1 Å². The second kappa shape index (κ2) is 9.79. The van der Waals surface area contributed by atoms with Crippen LogP contribution in [0.3, 0.4) is 0 Å². The molecule has 0 aliphatic carbocycles. The number of rotatable bonds is 5. The van der Waals surface area contributed by atoms with E-state index < -0.39 is 12.2 Å². The molecule has 2 saturated heterocycles. The number of hydrazine groups is 1. The van der Waals surface area contributed by atoms with Crippen molar-refractivity contribution in [2.45, 2.75) is 32.2 Å². The van der Waals surface area contributed by atoms with Crippen molar-refractivity contribution < 1.29 is 23.9 Å². The third-order valence-corrected chi connectivity index (χ3v) is 6.56. The van der Waals surface area contributed by atoms with Gasteiger partial charge in [0.05, 0.1) is 19.6 Å². The highest BCUT2D eigenvalue weighted by molar-refractivity contribution is 5.91. The number of carbonyl (C=O) groups is 3. The maximum absolute atomic E-state index is 13.4. The molecule has 10 heteroatoms. The normalized spacial score (nSPS) is 21.3. The molecule has 2 atom stereocenters. The summed E-state index contributed by atoms with van der Waals surface area (Å²) in [5.41, 5.74) is 1.80. The summed E-state index contributed by atoms with van der Waals surface area (Å²) < 4.78 is 10.8. The number of fused-ring (bicyclic) bond motifs is 2. The summed E-state index contributed by atoms with van der Waals surface area (Å²) in [7, 11) is 0. The number of carbonyl (C=O) groups excluding carboxylic acids is 3. The first-order valence-corrected chi connectivity index (χ1v) is 11.7. The molecule has 36 heavy (non-hydrogen) atoms. The van der Waals surface area contributed by atoms with Gasteiger partial charge in [0.15, 0.2) is 11.5 Å². The van der Waals surface area contributed by atoms with Gasteiger partial charge in [0.1, 0.15) is 12.2 Å². The summed E-state index contributed by atoms with van der Waals surface area (Å²) in [5, 5.41) is 5.98. The Bertz CT molecular complexity index is 1210. The van der Waals surface area contributed by atoms with E-state index in [-0.39, 0.29) is 44.3 Å². The van der Waals surface area contributed by atoms with Crippen molar-refractivity contribution in [3.05, 3.63) is 59.7 Å². The predicted octanol–water partition coefficient (Wildman–Crippen LogP) is 1.38. The molecular formula is C26H27N5O5. The van der Waals surface area contributed by atoms with Gasteiger partial charge in [-0.25, -0.2) is 9.80 Å². The van der Waals surface area contributed by atoms with Gasteiger partial charge >= 0.3 is 6.03 Å². The van der Waals surface area contributed by atoms with Gasteiger partial charge in [-0.3, -0.25) is 9.59 Å². The van der Waals surface area contributed by atoms with E-state index in [9.17, 15) is 14.4 Å². The summed E-state index contributed by atoms with van der Waals surface area (Å²) in [5.74, 6) is 3.39. The van der Waals surface area contributed by atoms with E-state index >= 15 is 0 Å². The van der Waals surface area contributed by atoms with Crippen LogP contribution in [-0.4, -0.2) is 76.3 Å². The zero-order valence-electron chi connectivity index (χ0n) is 19.9. The molecule has 1 N–H and O–H groups in total. The number of piperazine rings is 1. The molecule has 0 spiro atoms. The van der Waals surface area contributed by atoms with Crippen LogP contribution in [0.15, 0.2) is 48.5 Å². The van der Waals surface area contributed by atoms with Crippen LogP contribution in [0.25, 0.3) is 0 Å². The highest BCUT2D eigenvalue weighted by atomic mass is 16.7. The number of nitrogens with one attached hydrogen (secondary N) is 1. The molecule has 0 aromatic heterocycles. The van der Waals surface area contributed by atoms with Crippen LogP contribution in [0.5, 0.6) is 11.5 Å². The van der Waals surface area contributed by atoms with Crippen molar-refractivity contribution in [2.75, 3.05) is 26.4 Å². The Labute approximate surface area is 209 Å². The van der Waals surface area contributed by atoms with Crippen LogP contribution in [0.4, 0.5) is 4.79 Å². The third kappa shape index (κ3) is 4.41. The first kappa shape index (κ1) is 23.5. The number of terminal acetylenes is 1. The lowest BCUT2D eigenvalue weighted by atomic mass is 10.1. The van der Waals surface area contributed by atoms with Crippen LogP contribution in [0, 0.1) is 12.3 Å². The number of amides is 4. The molecular weight excluding hydrogens is 462 g/mol. The zero-order valence-corrected chi connectivity index (χ0v) is 19.9. The highest BCUT2D eigenvalue weighted by Crippen LogP contribution is 2.34. The second-order valence-electron chi connectivity index (χ2n) is 8.88. The van der Waals surface area contributed by atoms with Gasteiger partial charge in [-0.15, -0.1) is 6.42 Å². The summed E-state index contributed by atoms with van der Waals surface area (Å²) in [6.07, 6.45) is 4.86. The van der Waals surface area contributed by atoms with Crippen molar-refractivity contribution >= 4 is 17.8 Å². The molecule has 3 heterocycles. The summed E-state index contributed by atoms with van der Waals surface area (Å²) in [6, 6.07) is 13.9. The van der Waals surface area contributed by atoms with Gasteiger partial charge < -0.3 is 24.6 Å². The fraction of sp³-hybridized carbons (Fsp3) is 0.346. The smallest absolute Gasteiger partial charge is 0.334 e. The third-order valence-electron chi connectivity index (χ3n) is 6.56. The number of urea groups is 1. The Morgan fingerprint density at radius 3 is 2.67 bits per heavy atom. The fourth-order valence-corrected chi connectivity index (χ4v) is 4.85. The van der Waals surface area contributed by atoms with Gasteiger partial charge in [0.25, 0.3) is 0 Å². The van der Waals surface area contributed by atoms with Crippen LogP contribution < -0.4 is 14.8 Å². The van der Waals surface area contributed by atoms with Gasteiger partial charge in [-0.2, -0.15) is 5.01 Å². The van der Waals surface area contributed by atoms with E-state index in [0.29, 0.717) is 24.6 Å². The van der Waals surface area contributed by atoms with Crippen molar-refractivity contribution in [2.24, 2.45) is 0 Å². The Morgan fingerprint density at radius 1 is 1.11 bits per heavy atom. The van der Waals surface area contributed by atoms with E-state index in [2.05, 4.69) is 11.2 Å². The summed E-state index contributed by atoms with van der Waals surface area (Å²) in [4.78, 5) is 42.9. The van der Waals surface area contributed by atoms with E-state index in [4.69, 9.17) is 15.9 Å². The van der Waals surface area contributed by atoms with E-state index in [1.807, 2.05) is 48.5 Å². The molecule has 3 aliphatic rings. The average Bonchev–Trinajstić information content (AvgIpc) is 3.34. The molecule has 10 nitrogen and oxygen atoms in total. The lowest BCUT2D eigenvalue weighted by molar-refractivity contribution is -0.188. The van der Waals surface area contributed by atoms with Crippen molar-refractivity contribution in [3.63, 3.8) is 0 Å². The van der Waals surface area contributed by atoms with Crippen LogP contribution in [-0.2, 0) is 22.7 Å². The molecule has 0 radical (unpaired) electrons. The van der Waals surface area contributed by atoms with Crippen molar-refractivity contribution in [3.8, 4) is 23.8 Å². The molecule has 0 bridgehead atoms. The summed E-state index contributed by atoms with van der Waals surface area (Å²) in [6.45, 7) is 2.61. The quantitative estimate of drug-likeness (QED) is 0.638. The molecule has 5 rings (SSSR count). The van der Waals surface area contributed by atoms with E-state index in [0.717, 1.165) is 11.1 Å². The molecule has 4 amide bonds. The molecule has 0 unspecified atom stereocenters. The SMILES string of the molecule is C#CCN1CC(=O)N2[C@@H](C)C(=O)N(Cc3ccc4c(c3)OCO4)C[C@@H]2N1C(=O)NCc1ccccc1. The summed E-state index contributed by atoms with van der Waals surface area (Å²) >= 11 is 0. The Morgan fingerprint density at radius 2 is 1.89 bits per heavy atom. The molecule has 0 saturated carbocycles. The first-order chi connectivity index (χ1) is 17.5. The van der Waals surface area contributed by atoms with Gasteiger partial charge in [-0.1, -0.05) is 42.3 Å². The van der Waals surface area contributed by atoms with Crippen molar-refractivity contribution in [1.29, 1.82) is 0 Å². The lowest BCUT2D eigenvalue weighted by Crippen LogP contribution is -2.75. The van der Waals surface area contributed by atoms with E-state index in [1.54, 1.807) is 16.8 Å². The molecule has 3 aliphatic heterocycles. The zero-order chi connectivity index (χ0) is 25.2. The fourth-order valence-electron chi connectivity index (χ4n) is 4.85. The molecule has 186 valence electrons. The highest BCUT2D eigenvalue weighted by Gasteiger charge is 2.49. The second-order valence-corrected chi connectivity index (χ2v) is 8.88. The van der Waals surface area contributed by atoms with Gasteiger partial charge in [-0.05, 0) is 30.2 Å². The largest absolute Gasteiger partial charge is 0.454 e. The number of hydrogen-bond acceptors (Lipinski definition) is 6. The number of nitrogens with zero attached hydrogens (tertiary/aromatic N) is 4. The predicted molar refractivity (Wildman–Crippen MR) is 129 cm³/mol. The monoisotopic (exact) mass is 489 g/mol.